The van der Waals surface area contributed by atoms with Gasteiger partial charge in [0.2, 0.25) is 5.82 Å². The van der Waals surface area contributed by atoms with Gasteiger partial charge in [-0.25, -0.2) is 14.1 Å². The average molecular weight is 489 g/mol. The van der Waals surface area contributed by atoms with E-state index in [-0.39, 0.29) is 11.7 Å². The molecule has 35 heavy (non-hydrogen) atoms. The summed E-state index contributed by atoms with van der Waals surface area (Å²) in [4.78, 5) is 23.1. The Bertz CT molecular complexity index is 1510. The highest BCUT2D eigenvalue weighted by molar-refractivity contribution is 7.13. The van der Waals surface area contributed by atoms with Crippen LogP contribution in [0.25, 0.3) is 27.8 Å². The Hall–Kier alpha value is -4.18. The van der Waals surface area contributed by atoms with Gasteiger partial charge < -0.3 is 9.84 Å². The van der Waals surface area contributed by atoms with E-state index in [1.807, 2.05) is 50.4 Å². The summed E-state index contributed by atoms with van der Waals surface area (Å²) in [6.45, 7) is 5.81. The molecule has 0 aliphatic carbocycles. The molecule has 176 valence electrons. The molecule has 5 aromatic rings. The van der Waals surface area contributed by atoms with Gasteiger partial charge in [-0.2, -0.15) is 4.98 Å². The molecule has 0 radical (unpaired) electrons. The van der Waals surface area contributed by atoms with Crippen LogP contribution in [0.1, 0.15) is 41.8 Å². The SMILES string of the molecule is Cc1cccc(-c2nc(C(C)C)no2)c1NC(=O)c1nc(-c2cccs2)n(-c2cccc(F)c2)n1. The Kier molecular flexibility index (Phi) is 5.96. The first-order valence-corrected chi connectivity index (χ1v) is 11.8. The number of nitrogens with one attached hydrogen (secondary N) is 1. The summed E-state index contributed by atoms with van der Waals surface area (Å²) in [5.41, 5.74) is 2.39. The molecule has 1 amide bonds. The third-order valence-electron chi connectivity index (χ3n) is 5.30. The van der Waals surface area contributed by atoms with Crippen LogP contribution >= 0.6 is 11.3 Å². The topological polar surface area (TPSA) is 98.7 Å². The molecule has 0 aliphatic rings. The van der Waals surface area contributed by atoms with Crippen LogP contribution in [-0.2, 0) is 0 Å². The normalized spacial score (nSPS) is 11.2. The second kappa shape index (κ2) is 9.22. The first-order chi connectivity index (χ1) is 16.9. The second-order valence-electron chi connectivity index (χ2n) is 8.19. The molecule has 0 spiro atoms. The van der Waals surface area contributed by atoms with Crippen molar-refractivity contribution in [3.63, 3.8) is 0 Å². The minimum Gasteiger partial charge on any atom is -0.334 e. The first kappa shape index (κ1) is 22.6. The lowest BCUT2D eigenvalue weighted by atomic mass is 10.1. The van der Waals surface area contributed by atoms with Crippen molar-refractivity contribution < 1.29 is 13.7 Å². The highest BCUT2D eigenvalue weighted by Gasteiger charge is 2.23. The number of hydrogen-bond acceptors (Lipinski definition) is 7. The van der Waals surface area contributed by atoms with Crippen molar-refractivity contribution >= 4 is 22.9 Å². The van der Waals surface area contributed by atoms with E-state index < -0.39 is 11.7 Å². The molecule has 0 bridgehead atoms. The third-order valence-corrected chi connectivity index (χ3v) is 6.17. The molecule has 0 aliphatic heterocycles. The van der Waals surface area contributed by atoms with Crippen LogP contribution < -0.4 is 5.32 Å². The fraction of sp³-hybridized carbons (Fsp3) is 0.160. The predicted molar refractivity (Wildman–Crippen MR) is 131 cm³/mol. The Morgan fingerprint density at radius 2 is 1.94 bits per heavy atom. The maximum atomic E-state index is 13.9. The highest BCUT2D eigenvalue weighted by Crippen LogP contribution is 2.31. The van der Waals surface area contributed by atoms with E-state index in [1.165, 1.54) is 28.2 Å². The standard InChI is InChI=1S/C25H21FN6O2S/c1-14(2)21-29-25(34-31-21)18-10-4-7-15(3)20(18)27-24(33)22-28-23(19-11-6-12-35-19)32(30-22)17-9-5-8-16(26)13-17/h4-14H,1-3H3,(H,27,33). The summed E-state index contributed by atoms with van der Waals surface area (Å²) in [5, 5.41) is 13.2. The lowest BCUT2D eigenvalue weighted by Crippen LogP contribution is -2.16. The molecule has 10 heteroatoms. The van der Waals surface area contributed by atoms with Gasteiger partial charge in [-0.1, -0.05) is 43.3 Å². The fourth-order valence-electron chi connectivity index (χ4n) is 3.52. The molecular weight excluding hydrogens is 467 g/mol. The number of carbonyl (C=O) groups is 1. The maximum absolute atomic E-state index is 13.9. The van der Waals surface area contributed by atoms with Crippen LogP contribution in [0, 0.1) is 12.7 Å². The molecular formula is C25H21FN6O2S. The Labute approximate surface area is 204 Å². The number of thiophene rings is 1. The third kappa shape index (κ3) is 4.47. The van der Waals surface area contributed by atoms with Gasteiger partial charge in [-0.05, 0) is 48.2 Å². The number of para-hydroxylation sites is 1. The number of aryl methyl sites for hydroxylation is 1. The van der Waals surface area contributed by atoms with Gasteiger partial charge in [-0.15, -0.1) is 16.4 Å². The molecule has 2 aromatic carbocycles. The van der Waals surface area contributed by atoms with Gasteiger partial charge >= 0.3 is 0 Å². The zero-order valence-corrected chi connectivity index (χ0v) is 20.0. The molecule has 0 unspecified atom stereocenters. The summed E-state index contributed by atoms with van der Waals surface area (Å²) in [6.07, 6.45) is 0. The van der Waals surface area contributed by atoms with E-state index in [0.717, 1.165) is 10.4 Å². The summed E-state index contributed by atoms with van der Waals surface area (Å²) >= 11 is 1.45. The van der Waals surface area contributed by atoms with E-state index >= 15 is 0 Å². The number of hydrogen-bond donors (Lipinski definition) is 1. The maximum Gasteiger partial charge on any atom is 0.295 e. The van der Waals surface area contributed by atoms with E-state index in [2.05, 4.69) is 25.5 Å². The Morgan fingerprint density at radius 1 is 1.11 bits per heavy atom. The molecule has 0 atom stereocenters. The van der Waals surface area contributed by atoms with Crippen molar-refractivity contribution in [3.8, 4) is 27.8 Å². The van der Waals surface area contributed by atoms with Crippen molar-refractivity contribution in [1.82, 2.24) is 24.9 Å². The van der Waals surface area contributed by atoms with E-state index in [4.69, 9.17) is 4.52 Å². The summed E-state index contributed by atoms with van der Waals surface area (Å²) in [5.74, 6) is 0.449. The quantitative estimate of drug-likeness (QED) is 0.321. The number of anilines is 1. The van der Waals surface area contributed by atoms with Crippen LogP contribution in [0.3, 0.4) is 0 Å². The van der Waals surface area contributed by atoms with Crippen molar-refractivity contribution in [2.75, 3.05) is 5.32 Å². The van der Waals surface area contributed by atoms with Crippen molar-refractivity contribution in [3.05, 3.63) is 83.0 Å². The van der Waals surface area contributed by atoms with Crippen LogP contribution in [-0.4, -0.2) is 30.8 Å². The van der Waals surface area contributed by atoms with Crippen molar-refractivity contribution in [2.45, 2.75) is 26.7 Å². The number of aromatic nitrogens is 5. The molecule has 0 fully saturated rings. The second-order valence-corrected chi connectivity index (χ2v) is 9.14. The summed E-state index contributed by atoms with van der Waals surface area (Å²) in [6, 6.07) is 15.2. The smallest absolute Gasteiger partial charge is 0.295 e. The van der Waals surface area contributed by atoms with E-state index in [9.17, 15) is 9.18 Å². The Morgan fingerprint density at radius 3 is 2.66 bits per heavy atom. The molecule has 3 aromatic heterocycles. The minimum absolute atomic E-state index is 0.0553. The molecule has 8 nitrogen and oxygen atoms in total. The van der Waals surface area contributed by atoms with Crippen molar-refractivity contribution in [1.29, 1.82) is 0 Å². The van der Waals surface area contributed by atoms with Crippen LogP contribution in [0.5, 0.6) is 0 Å². The number of benzene rings is 2. The minimum atomic E-state index is -0.517. The number of carbonyl (C=O) groups excluding carboxylic acids is 1. The summed E-state index contributed by atoms with van der Waals surface area (Å²) in [7, 11) is 0. The largest absolute Gasteiger partial charge is 0.334 e. The summed E-state index contributed by atoms with van der Waals surface area (Å²) < 4.78 is 20.8. The van der Waals surface area contributed by atoms with E-state index in [1.54, 1.807) is 18.2 Å². The number of rotatable bonds is 6. The molecule has 1 N–H and O–H groups in total. The monoisotopic (exact) mass is 488 g/mol. The van der Waals surface area contributed by atoms with Gasteiger partial charge in [0, 0.05) is 5.92 Å². The van der Waals surface area contributed by atoms with Gasteiger partial charge in [0.15, 0.2) is 11.6 Å². The van der Waals surface area contributed by atoms with Gasteiger partial charge in [0.05, 0.1) is 21.8 Å². The highest BCUT2D eigenvalue weighted by atomic mass is 32.1. The molecule has 5 rings (SSSR count). The van der Waals surface area contributed by atoms with Gasteiger partial charge in [0.25, 0.3) is 11.8 Å². The predicted octanol–water partition coefficient (Wildman–Crippen LogP) is 5.87. The fourth-order valence-corrected chi connectivity index (χ4v) is 4.22. The van der Waals surface area contributed by atoms with Gasteiger partial charge in [0.1, 0.15) is 5.82 Å². The first-order valence-electron chi connectivity index (χ1n) is 10.9. The zero-order valence-electron chi connectivity index (χ0n) is 19.2. The van der Waals surface area contributed by atoms with Crippen LogP contribution in [0.4, 0.5) is 10.1 Å². The number of amides is 1. The number of nitrogens with zero attached hydrogens (tertiary/aromatic N) is 5. The van der Waals surface area contributed by atoms with Crippen molar-refractivity contribution in [2.24, 2.45) is 0 Å². The van der Waals surface area contributed by atoms with Gasteiger partial charge in [-0.3, -0.25) is 4.79 Å². The molecule has 3 heterocycles. The number of halogens is 1. The van der Waals surface area contributed by atoms with Crippen LogP contribution in [0.15, 0.2) is 64.5 Å². The lowest BCUT2D eigenvalue weighted by molar-refractivity contribution is 0.101. The van der Waals surface area contributed by atoms with E-state index in [0.29, 0.717) is 34.5 Å². The lowest BCUT2D eigenvalue weighted by Gasteiger charge is -2.10. The molecule has 0 saturated heterocycles. The van der Waals surface area contributed by atoms with Crippen LogP contribution in [0.2, 0.25) is 0 Å². The average Bonchev–Trinajstić information content (AvgIpc) is 3.60. The Balaban J connectivity index is 1.53. The zero-order chi connectivity index (χ0) is 24.5. The molecule has 0 saturated carbocycles.